The van der Waals surface area contributed by atoms with Gasteiger partial charge in [0.1, 0.15) is 5.75 Å². The molecule has 0 atom stereocenters. The van der Waals surface area contributed by atoms with Crippen LogP contribution in [0, 0.1) is 0 Å². The Morgan fingerprint density at radius 1 is 1.15 bits per heavy atom. The van der Waals surface area contributed by atoms with Crippen molar-refractivity contribution < 1.29 is 4.74 Å². The molecule has 3 aromatic rings. The van der Waals surface area contributed by atoms with Crippen molar-refractivity contribution in [3.63, 3.8) is 0 Å². The van der Waals surface area contributed by atoms with Gasteiger partial charge in [-0.15, -0.1) is 0 Å². The highest BCUT2D eigenvalue weighted by Crippen LogP contribution is 2.23. The molecule has 0 fully saturated rings. The third kappa shape index (κ3) is 3.15. The summed E-state index contributed by atoms with van der Waals surface area (Å²) in [6.07, 6.45) is 3.92. The van der Waals surface area contributed by atoms with E-state index in [0.29, 0.717) is 37.9 Å². The summed E-state index contributed by atoms with van der Waals surface area (Å²) >= 11 is 0. The third-order valence-electron chi connectivity index (χ3n) is 4.40. The Bertz CT molecular complexity index is 971. The number of rotatable bonds is 4. The number of benzene rings is 1. The molecule has 7 nitrogen and oxygen atoms in total. The van der Waals surface area contributed by atoms with Crippen LogP contribution in [-0.4, -0.2) is 26.1 Å². The zero-order valence-corrected chi connectivity index (χ0v) is 14.5. The molecule has 7 heteroatoms. The van der Waals surface area contributed by atoms with Crippen molar-refractivity contribution in [1.82, 2.24) is 19.5 Å². The van der Waals surface area contributed by atoms with Gasteiger partial charge in [-0.3, -0.25) is 9.36 Å². The summed E-state index contributed by atoms with van der Waals surface area (Å²) in [5, 5.41) is 0. The zero-order valence-electron chi connectivity index (χ0n) is 14.5. The van der Waals surface area contributed by atoms with Crippen LogP contribution in [0.15, 0.2) is 53.7 Å². The molecular formula is C19H19N5O2. The molecule has 0 aliphatic carbocycles. The largest absolute Gasteiger partial charge is 0.439 e. The maximum Gasteiger partial charge on any atom is 0.256 e. The van der Waals surface area contributed by atoms with Gasteiger partial charge in [-0.2, -0.15) is 4.98 Å². The van der Waals surface area contributed by atoms with Crippen LogP contribution in [0.4, 0.5) is 5.95 Å². The lowest BCUT2D eigenvalue weighted by atomic mass is 10.1. The lowest BCUT2D eigenvalue weighted by Crippen LogP contribution is -2.37. The number of para-hydroxylation sites is 1. The highest BCUT2D eigenvalue weighted by molar-refractivity contribution is 5.38. The first-order valence-corrected chi connectivity index (χ1v) is 8.62. The molecule has 4 rings (SSSR count). The van der Waals surface area contributed by atoms with Gasteiger partial charge >= 0.3 is 0 Å². The lowest BCUT2D eigenvalue weighted by molar-refractivity contribution is 0.460. The molecule has 0 N–H and O–H groups in total. The molecule has 1 aliphatic rings. The maximum absolute atomic E-state index is 12.4. The third-order valence-corrected chi connectivity index (χ3v) is 4.40. The Labute approximate surface area is 150 Å². The van der Waals surface area contributed by atoms with Gasteiger partial charge < -0.3 is 9.64 Å². The highest BCUT2D eigenvalue weighted by atomic mass is 16.5. The fourth-order valence-corrected chi connectivity index (χ4v) is 3.01. The van der Waals surface area contributed by atoms with Gasteiger partial charge in [0.25, 0.3) is 5.56 Å². The number of ether oxygens (including phenoxy) is 1. The SMILES string of the molecule is CCn1cnc2c(c1=O)CCN(c1nccc(Oc3ccccc3)n1)C2. The average Bonchev–Trinajstić information content (AvgIpc) is 2.69. The molecular weight excluding hydrogens is 330 g/mol. The number of hydrogen-bond acceptors (Lipinski definition) is 6. The molecule has 0 amide bonds. The molecule has 2 aromatic heterocycles. The minimum atomic E-state index is 0.0548. The Hall–Kier alpha value is -3.22. The second kappa shape index (κ2) is 6.95. The van der Waals surface area contributed by atoms with E-state index in [1.54, 1.807) is 23.2 Å². The number of hydrogen-bond donors (Lipinski definition) is 0. The van der Waals surface area contributed by atoms with Crippen molar-refractivity contribution in [2.24, 2.45) is 0 Å². The van der Waals surface area contributed by atoms with Gasteiger partial charge in [0.05, 0.1) is 18.6 Å². The van der Waals surface area contributed by atoms with E-state index in [0.717, 1.165) is 17.0 Å². The van der Waals surface area contributed by atoms with E-state index in [-0.39, 0.29) is 5.56 Å². The van der Waals surface area contributed by atoms with E-state index in [2.05, 4.69) is 15.0 Å². The van der Waals surface area contributed by atoms with Crippen LogP contribution < -0.4 is 15.2 Å². The molecule has 1 aromatic carbocycles. The zero-order chi connectivity index (χ0) is 17.9. The average molecular weight is 349 g/mol. The fraction of sp³-hybridized carbons (Fsp3) is 0.263. The predicted molar refractivity (Wildman–Crippen MR) is 97.5 cm³/mol. The topological polar surface area (TPSA) is 73.1 Å². The number of nitrogens with zero attached hydrogens (tertiary/aromatic N) is 5. The summed E-state index contributed by atoms with van der Waals surface area (Å²) in [6, 6.07) is 11.2. The minimum Gasteiger partial charge on any atom is -0.439 e. The van der Waals surface area contributed by atoms with Crippen molar-refractivity contribution in [3.05, 3.63) is 70.5 Å². The van der Waals surface area contributed by atoms with E-state index >= 15 is 0 Å². The highest BCUT2D eigenvalue weighted by Gasteiger charge is 2.23. The lowest BCUT2D eigenvalue weighted by Gasteiger charge is -2.28. The molecule has 0 saturated heterocycles. The van der Waals surface area contributed by atoms with Crippen molar-refractivity contribution in [1.29, 1.82) is 0 Å². The van der Waals surface area contributed by atoms with Crippen LogP contribution in [0.5, 0.6) is 11.6 Å². The van der Waals surface area contributed by atoms with E-state index in [1.165, 1.54) is 0 Å². The van der Waals surface area contributed by atoms with Gasteiger partial charge in [-0.25, -0.2) is 9.97 Å². The second-order valence-corrected chi connectivity index (χ2v) is 6.04. The van der Waals surface area contributed by atoms with E-state index < -0.39 is 0 Å². The van der Waals surface area contributed by atoms with Crippen molar-refractivity contribution >= 4 is 5.95 Å². The Kier molecular flexibility index (Phi) is 4.35. The van der Waals surface area contributed by atoms with Crippen LogP contribution >= 0.6 is 0 Å². The Morgan fingerprint density at radius 2 is 2.00 bits per heavy atom. The molecule has 0 bridgehead atoms. The molecule has 26 heavy (non-hydrogen) atoms. The number of anilines is 1. The fourth-order valence-electron chi connectivity index (χ4n) is 3.01. The van der Waals surface area contributed by atoms with Crippen LogP contribution in [-0.2, 0) is 19.5 Å². The molecule has 3 heterocycles. The molecule has 1 aliphatic heterocycles. The van der Waals surface area contributed by atoms with E-state index in [4.69, 9.17) is 4.74 Å². The van der Waals surface area contributed by atoms with E-state index in [9.17, 15) is 4.79 Å². The Morgan fingerprint density at radius 3 is 2.81 bits per heavy atom. The van der Waals surface area contributed by atoms with Gasteiger partial charge in [-0.05, 0) is 25.5 Å². The smallest absolute Gasteiger partial charge is 0.256 e. The first-order chi connectivity index (χ1) is 12.7. The van der Waals surface area contributed by atoms with Crippen molar-refractivity contribution in [3.8, 4) is 11.6 Å². The van der Waals surface area contributed by atoms with Crippen LogP contribution in [0.1, 0.15) is 18.2 Å². The number of aromatic nitrogens is 4. The second-order valence-electron chi connectivity index (χ2n) is 6.04. The minimum absolute atomic E-state index is 0.0548. The first-order valence-electron chi connectivity index (χ1n) is 8.62. The van der Waals surface area contributed by atoms with Crippen LogP contribution in [0.2, 0.25) is 0 Å². The predicted octanol–water partition coefficient (Wildman–Crippen LogP) is 2.41. The molecule has 132 valence electrons. The van der Waals surface area contributed by atoms with Crippen molar-refractivity contribution in [2.45, 2.75) is 26.4 Å². The van der Waals surface area contributed by atoms with Crippen molar-refractivity contribution in [2.75, 3.05) is 11.4 Å². The molecule has 0 unspecified atom stereocenters. The molecule has 0 radical (unpaired) electrons. The number of aryl methyl sites for hydroxylation is 1. The summed E-state index contributed by atoms with van der Waals surface area (Å²) < 4.78 is 7.42. The monoisotopic (exact) mass is 349 g/mol. The van der Waals surface area contributed by atoms with Crippen LogP contribution in [0.3, 0.4) is 0 Å². The van der Waals surface area contributed by atoms with Gasteiger partial charge in [-0.1, -0.05) is 18.2 Å². The Balaban J connectivity index is 1.57. The molecule has 0 spiro atoms. The summed E-state index contributed by atoms with van der Waals surface area (Å²) in [4.78, 5) is 27.7. The molecule has 0 saturated carbocycles. The normalized spacial score (nSPS) is 13.3. The van der Waals surface area contributed by atoms with Crippen LogP contribution in [0.25, 0.3) is 0 Å². The first kappa shape index (κ1) is 16.3. The van der Waals surface area contributed by atoms with E-state index in [1.807, 2.05) is 42.2 Å². The maximum atomic E-state index is 12.4. The van der Waals surface area contributed by atoms with Gasteiger partial charge in [0, 0.05) is 30.9 Å². The summed E-state index contributed by atoms with van der Waals surface area (Å²) in [7, 11) is 0. The quantitative estimate of drug-likeness (QED) is 0.720. The summed E-state index contributed by atoms with van der Waals surface area (Å²) in [6.45, 7) is 3.76. The summed E-state index contributed by atoms with van der Waals surface area (Å²) in [5.74, 6) is 1.79. The van der Waals surface area contributed by atoms with Gasteiger partial charge in [0.2, 0.25) is 11.8 Å². The summed E-state index contributed by atoms with van der Waals surface area (Å²) in [5.41, 5.74) is 1.64. The number of fused-ring (bicyclic) bond motifs is 1. The standard InChI is InChI=1S/C19H19N5O2/c1-2-23-13-21-16-12-24(11-9-15(16)18(23)25)19-20-10-8-17(22-19)26-14-6-4-3-5-7-14/h3-8,10,13H,2,9,11-12H2,1H3. The van der Waals surface area contributed by atoms with Gasteiger partial charge in [0.15, 0.2) is 0 Å².